The number of aliphatic hydroxyl groups is 1. The Morgan fingerprint density at radius 2 is 1.59 bits per heavy atom. The largest absolute Gasteiger partial charge is 0.385 e. The summed E-state index contributed by atoms with van der Waals surface area (Å²) in [5.74, 6) is 0. The fraction of sp³-hybridized carbons (Fsp3) is 0.500. The molecular weight excluding hydrogens is 417 g/mol. The van der Waals surface area contributed by atoms with Gasteiger partial charge < -0.3 is 5.11 Å². The van der Waals surface area contributed by atoms with Gasteiger partial charge in [-0.05, 0) is 37.1 Å². The Labute approximate surface area is 154 Å². The molecule has 2 atom stereocenters. The van der Waals surface area contributed by atoms with Crippen LogP contribution in [0.2, 0.25) is 10.0 Å². The van der Waals surface area contributed by atoms with E-state index in [1.165, 1.54) is 25.1 Å². The van der Waals surface area contributed by atoms with Gasteiger partial charge in [-0.25, -0.2) is 0 Å². The molecule has 2 unspecified atom stereocenters. The van der Waals surface area contributed by atoms with Crippen LogP contribution in [0.5, 0.6) is 0 Å². The van der Waals surface area contributed by atoms with Crippen LogP contribution in [-0.2, 0) is 15.7 Å². The van der Waals surface area contributed by atoms with Crippen molar-refractivity contribution in [1.82, 2.24) is 0 Å². The molecule has 0 saturated heterocycles. The monoisotopic (exact) mass is 428 g/mol. The predicted molar refractivity (Wildman–Crippen MR) is 90.9 cm³/mol. The molecule has 0 aliphatic carbocycles. The summed E-state index contributed by atoms with van der Waals surface area (Å²) < 4.78 is 29.7. The summed E-state index contributed by atoms with van der Waals surface area (Å²) in [6, 6.07) is 4.22. The summed E-state index contributed by atoms with van der Waals surface area (Å²) in [6.07, 6.45) is -0.822. The van der Waals surface area contributed by atoms with E-state index in [2.05, 4.69) is 0 Å². The quantitative estimate of drug-likeness (QED) is 0.529. The van der Waals surface area contributed by atoms with E-state index in [-0.39, 0.29) is 15.6 Å². The Kier molecular flexibility index (Phi) is 6.73. The smallest absolute Gasteiger partial charge is 0.267 e. The van der Waals surface area contributed by atoms with Gasteiger partial charge in [-0.15, -0.1) is 0 Å². The van der Waals surface area contributed by atoms with E-state index in [9.17, 15) is 13.5 Å². The molecule has 0 spiro atoms. The third kappa shape index (κ3) is 6.21. The third-order valence-electron chi connectivity index (χ3n) is 3.03. The van der Waals surface area contributed by atoms with Crippen molar-refractivity contribution in [3.05, 3.63) is 33.8 Å². The molecule has 0 bridgehead atoms. The fourth-order valence-electron chi connectivity index (χ4n) is 2.03. The lowest BCUT2D eigenvalue weighted by atomic mass is 9.86. The van der Waals surface area contributed by atoms with Crippen molar-refractivity contribution in [2.24, 2.45) is 0 Å². The van der Waals surface area contributed by atoms with Crippen LogP contribution >= 0.6 is 58.0 Å². The molecule has 0 heterocycles. The molecule has 0 aromatic heterocycles. The minimum Gasteiger partial charge on any atom is -0.385 e. The molecule has 1 aromatic carbocycles. The first-order valence-corrected chi connectivity index (χ1v) is 9.34. The molecule has 0 aliphatic rings. The van der Waals surface area contributed by atoms with Crippen molar-refractivity contribution >= 4 is 68.1 Å². The molecule has 0 radical (unpaired) electrons. The Morgan fingerprint density at radius 3 is 1.95 bits per heavy atom. The molecule has 10 heteroatoms. The van der Waals surface area contributed by atoms with Crippen LogP contribution in [0.25, 0.3) is 0 Å². The molecule has 0 amide bonds. The second-order valence-corrected chi connectivity index (χ2v) is 10.2. The zero-order chi connectivity index (χ0) is 17.3. The van der Waals surface area contributed by atoms with Gasteiger partial charge in [-0.1, -0.05) is 58.0 Å². The van der Waals surface area contributed by atoms with E-state index < -0.39 is 37.6 Å². The highest BCUT2D eigenvalue weighted by atomic mass is 35.6. The average molecular weight is 431 g/mol. The first kappa shape index (κ1) is 20.6. The summed E-state index contributed by atoms with van der Waals surface area (Å²) in [6.45, 7) is 1.23. The molecule has 22 heavy (non-hydrogen) atoms. The Bertz CT molecular complexity index is 623. The van der Waals surface area contributed by atoms with E-state index in [1.54, 1.807) is 0 Å². The van der Waals surface area contributed by atoms with Gasteiger partial charge in [0, 0.05) is 16.5 Å². The van der Waals surface area contributed by atoms with Gasteiger partial charge in [-0.2, -0.15) is 8.42 Å². The highest BCUT2D eigenvalue weighted by Crippen LogP contribution is 2.43. The van der Waals surface area contributed by atoms with Gasteiger partial charge >= 0.3 is 0 Å². The van der Waals surface area contributed by atoms with E-state index in [0.717, 1.165) is 0 Å². The average Bonchev–Trinajstić information content (AvgIpc) is 2.23. The van der Waals surface area contributed by atoms with Crippen LogP contribution in [0, 0.1) is 0 Å². The summed E-state index contributed by atoms with van der Waals surface area (Å²) in [4.78, 5) is 0. The minimum atomic E-state index is -4.38. The van der Waals surface area contributed by atoms with Gasteiger partial charge in [0.1, 0.15) is 0 Å². The number of benzene rings is 1. The molecule has 1 aromatic rings. The van der Waals surface area contributed by atoms with Gasteiger partial charge in [0.15, 0.2) is 3.79 Å². The predicted octanol–water partition coefficient (Wildman–Crippen LogP) is 4.61. The zero-order valence-electron chi connectivity index (χ0n) is 11.2. The lowest BCUT2D eigenvalue weighted by molar-refractivity contribution is 0.0192. The second-order valence-electron chi connectivity index (χ2n) is 5.01. The second kappa shape index (κ2) is 7.19. The Balaban J connectivity index is 3.33. The van der Waals surface area contributed by atoms with Crippen LogP contribution in [0.3, 0.4) is 0 Å². The van der Waals surface area contributed by atoms with Crippen molar-refractivity contribution in [2.75, 3.05) is 0 Å². The van der Waals surface area contributed by atoms with E-state index in [1.807, 2.05) is 0 Å². The van der Waals surface area contributed by atoms with Crippen molar-refractivity contribution in [2.45, 2.75) is 34.4 Å². The van der Waals surface area contributed by atoms with Crippen molar-refractivity contribution in [1.29, 1.82) is 0 Å². The van der Waals surface area contributed by atoms with Crippen LogP contribution in [0.15, 0.2) is 18.2 Å². The standard InChI is InChI=1S/C12H13Cl5O4S/c1-7(22(19,20)21)5-11(18,6-12(15,16)17)8-2-9(13)4-10(14)3-8/h2-4,7,18H,5-6H2,1H3,(H,19,20,21). The molecule has 0 saturated carbocycles. The van der Waals surface area contributed by atoms with E-state index >= 15 is 0 Å². The number of hydrogen-bond acceptors (Lipinski definition) is 3. The number of hydrogen-bond donors (Lipinski definition) is 2. The number of rotatable bonds is 5. The first-order valence-electron chi connectivity index (χ1n) is 5.95. The number of halogens is 5. The van der Waals surface area contributed by atoms with E-state index in [0.29, 0.717) is 0 Å². The Morgan fingerprint density at radius 1 is 1.14 bits per heavy atom. The molecular formula is C12H13Cl5O4S. The lowest BCUT2D eigenvalue weighted by Gasteiger charge is -2.33. The summed E-state index contributed by atoms with van der Waals surface area (Å²) >= 11 is 29.0. The van der Waals surface area contributed by atoms with Crippen LogP contribution in [0.1, 0.15) is 25.3 Å². The summed E-state index contributed by atoms with van der Waals surface area (Å²) in [5.41, 5.74) is -1.68. The van der Waals surface area contributed by atoms with Crippen molar-refractivity contribution < 1.29 is 18.1 Å². The van der Waals surface area contributed by atoms with Gasteiger partial charge in [0.25, 0.3) is 10.1 Å². The third-order valence-corrected chi connectivity index (χ3v) is 5.05. The summed E-state index contributed by atoms with van der Waals surface area (Å²) in [5, 5.41) is 10.0. The summed E-state index contributed by atoms with van der Waals surface area (Å²) in [7, 11) is -4.38. The highest BCUT2D eigenvalue weighted by molar-refractivity contribution is 7.86. The zero-order valence-corrected chi connectivity index (χ0v) is 15.8. The normalized spacial score (nSPS) is 17.1. The SMILES string of the molecule is CC(CC(O)(CC(Cl)(Cl)Cl)c1cc(Cl)cc(Cl)c1)S(=O)(=O)O. The minimum absolute atomic E-state index is 0.187. The molecule has 126 valence electrons. The first-order chi connectivity index (χ1) is 9.73. The van der Waals surface area contributed by atoms with Crippen molar-refractivity contribution in [3.8, 4) is 0 Å². The maximum absolute atomic E-state index is 11.2. The fourth-order valence-corrected chi connectivity index (χ4v) is 3.70. The van der Waals surface area contributed by atoms with Crippen LogP contribution < -0.4 is 0 Å². The topological polar surface area (TPSA) is 74.6 Å². The number of alkyl halides is 3. The molecule has 4 nitrogen and oxygen atoms in total. The molecule has 0 aliphatic heterocycles. The highest BCUT2D eigenvalue weighted by Gasteiger charge is 2.41. The van der Waals surface area contributed by atoms with Gasteiger partial charge in [0.05, 0.1) is 10.9 Å². The maximum Gasteiger partial charge on any atom is 0.267 e. The van der Waals surface area contributed by atoms with Crippen molar-refractivity contribution in [3.63, 3.8) is 0 Å². The maximum atomic E-state index is 11.2. The molecule has 0 fully saturated rings. The van der Waals surface area contributed by atoms with Crippen LogP contribution in [-0.4, -0.2) is 27.1 Å². The van der Waals surface area contributed by atoms with E-state index in [4.69, 9.17) is 62.6 Å². The van der Waals surface area contributed by atoms with Gasteiger partial charge in [0.2, 0.25) is 0 Å². The Hall–Kier alpha value is 0.540. The van der Waals surface area contributed by atoms with Crippen LogP contribution in [0.4, 0.5) is 0 Å². The molecule has 1 rings (SSSR count). The molecule has 2 N–H and O–H groups in total. The lowest BCUT2D eigenvalue weighted by Crippen LogP contribution is -2.36. The van der Waals surface area contributed by atoms with Gasteiger partial charge in [-0.3, -0.25) is 4.55 Å².